The second kappa shape index (κ2) is 8.01. The van der Waals surface area contributed by atoms with Gasteiger partial charge in [0.05, 0.1) is 19.8 Å². The molecule has 130 valence electrons. The molecule has 0 aliphatic heterocycles. The lowest BCUT2D eigenvalue weighted by Crippen LogP contribution is -2.10. The molecule has 0 fully saturated rings. The zero-order valence-corrected chi connectivity index (χ0v) is 14.2. The summed E-state index contributed by atoms with van der Waals surface area (Å²) >= 11 is 0. The molecule has 0 heterocycles. The maximum absolute atomic E-state index is 12.2. The minimum atomic E-state index is -1.05. The normalized spacial score (nSPS) is 10.5. The molecule has 0 saturated heterocycles. The molecular formula is C19H19NO5. The number of methoxy groups -OCH3 is 2. The highest BCUT2D eigenvalue weighted by atomic mass is 16.5. The van der Waals surface area contributed by atoms with Crippen LogP contribution in [0.25, 0.3) is 6.08 Å². The molecule has 1 amide bonds. The van der Waals surface area contributed by atoms with Crippen LogP contribution >= 0.6 is 0 Å². The van der Waals surface area contributed by atoms with E-state index < -0.39 is 5.97 Å². The highest BCUT2D eigenvalue weighted by Gasteiger charge is 2.08. The lowest BCUT2D eigenvalue weighted by Gasteiger charge is -2.08. The van der Waals surface area contributed by atoms with Crippen molar-refractivity contribution in [1.82, 2.24) is 0 Å². The third kappa shape index (κ3) is 4.60. The lowest BCUT2D eigenvalue weighted by atomic mass is 10.1. The second-order valence-corrected chi connectivity index (χ2v) is 5.27. The lowest BCUT2D eigenvalue weighted by molar-refractivity contribution is -0.111. The fourth-order valence-corrected chi connectivity index (χ4v) is 2.20. The number of aromatic carboxylic acids is 1. The molecule has 2 aromatic carbocycles. The fourth-order valence-electron chi connectivity index (χ4n) is 2.20. The highest BCUT2D eigenvalue weighted by Crippen LogP contribution is 2.25. The van der Waals surface area contributed by atoms with Crippen LogP contribution in [0.5, 0.6) is 11.5 Å². The molecule has 2 N–H and O–H groups in total. The van der Waals surface area contributed by atoms with Crippen molar-refractivity contribution in [2.24, 2.45) is 0 Å². The van der Waals surface area contributed by atoms with Gasteiger partial charge in [0.2, 0.25) is 5.91 Å². The first kappa shape index (κ1) is 18.1. The van der Waals surface area contributed by atoms with E-state index in [0.717, 1.165) is 5.56 Å². The molecule has 0 radical (unpaired) electrons. The number of anilines is 1. The summed E-state index contributed by atoms with van der Waals surface area (Å²) in [5.41, 5.74) is 2.02. The Morgan fingerprint density at radius 1 is 1.08 bits per heavy atom. The fraction of sp³-hybridized carbons (Fsp3) is 0.158. The van der Waals surface area contributed by atoms with E-state index in [1.807, 2.05) is 0 Å². The summed E-state index contributed by atoms with van der Waals surface area (Å²) in [6.07, 6.45) is 2.96. The van der Waals surface area contributed by atoms with Crippen LogP contribution in [0.2, 0.25) is 0 Å². The highest BCUT2D eigenvalue weighted by molar-refractivity contribution is 6.03. The van der Waals surface area contributed by atoms with Crippen LogP contribution in [-0.2, 0) is 4.79 Å². The van der Waals surface area contributed by atoms with Crippen LogP contribution < -0.4 is 14.8 Å². The number of benzene rings is 2. The van der Waals surface area contributed by atoms with E-state index in [4.69, 9.17) is 14.6 Å². The first-order valence-electron chi connectivity index (χ1n) is 7.49. The minimum absolute atomic E-state index is 0.111. The van der Waals surface area contributed by atoms with Crippen molar-refractivity contribution in [1.29, 1.82) is 0 Å². The number of aryl methyl sites for hydroxylation is 1. The molecule has 25 heavy (non-hydrogen) atoms. The molecule has 6 nitrogen and oxygen atoms in total. The van der Waals surface area contributed by atoms with Crippen LogP contribution in [0, 0.1) is 6.92 Å². The van der Waals surface area contributed by atoms with E-state index in [9.17, 15) is 9.59 Å². The third-order valence-corrected chi connectivity index (χ3v) is 3.59. The van der Waals surface area contributed by atoms with Gasteiger partial charge in [0.15, 0.2) is 0 Å². The predicted octanol–water partition coefficient (Wildman–Crippen LogP) is 3.36. The SMILES string of the molecule is COc1ccc(OC)c(/C=C/C(=O)Nc2cc(C(=O)O)ccc2C)c1. The summed E-state index contributed by atoms with van der Waals surface area (Å²) in [6, 6.07) is 9.82. The molecule has 2 rings (SSSR count). The minimum Gasteiger partial charge on any atom is -0.497 e. The summed E-state index contributed by atoms with van der Waals surface area (Å²) in [6.45, 7) is 1.79. The Kier molecular flexibility index (Phi) is 5.79. The third-order valence-electron chi connectivity index (χ3n) is 3.59. The molecule has 0 aromatic heterocycles. The summed E-state index contributed by atoms with van der Waals surface area (Å²) in [7, 11) is 3.10. The van der Waals surface area contributed by atoms with Gasteiger partial charge in [-0.15, -0.1) is 0 Å². The van der Waals surface area contributed by atoms with Crippen molar-refractivity contribution >= 4 is 23.6 Å². The summed E-state index contributed by atoms with van der Waals surface area (Å²) < 4.78 is 10.4. The molecule has 6 heteroatoms. The van der Waals surface area contributed by atoms with E-state index in [-0.39, 0.29) is 11.5 Å². The second-order valence-electron chi connectivity index (χ2n) is 5.27. The molecule has 0 saturated carbocycles. The van der Waals surface area contributed by atoms with Gasteiger partial charge in [0.1, 0.15) is 11.5 Å². The summed E-state index contributed by atoms with van der Waals surface area (Å²) in [5, 5.41) is 11.7. The number of rotatable bonds is 6. The maximum atomic E-state index is 12.2. The van der Waals surface area contributed by atoms with Crippen LogP contribution in [0.15, 0.2) is 42.5 Å². The van der Waals surface area contributed by atoms with E-state index >= 15 is 0 Å². The number of nitrogens with one attached hydrogen (secondary N) is 1. The zero-order valence-electron chi connectivity index (χ0n) is 14.2. The molecule has 0 spiro atoms. The van der Waals surface area contributed by atoms with Crippen molar-refractivity contribution in [3.63, 3.8) is 0 Å². The molecule has 0 unspecified atom stereocenters. The molecule has 0 aliphatic rings. The van der Waals surface area contributed by atoms with Crippen LogP contribution in [0.4, 0.5) is 5.69 Å². The first-order chi connectivity index (χ1) is 11.9. The quantitative estimate of drug-likeness (QED) is 0.787. The molecule has 0 bridgehead atoms. The maximum Gasteiger partial charge on any atom is 0.335 e. The zero-order chi connectivity index (χ0) is 18.4. The van der Waals surface area contributed by atoms with Gasteiger partial charge in [-0.1, -0.05) is 6.07 Å². The van der Waals surface area contributed by atoms with Gasteiger partial charge in [-0.2, -0.15) is 0 Å². The number of carbonyl (C=O) groups is 2. The van der Waals surface area contributed by atoms with Gasteiger partial charge in [-0.3, -0.25) is 4.79 Å². The average molecular weight is 341 g/mol. The van der Waals surface area contributed by atoms with Gasteiger partial charge in [0.25, 0.3) is 0 Å². The predicted molar refractivity (Wildman–Crippen MR) is 95.3 cm³/mol. The largest absolute Gasteiger partial charge is 0.497 e. The Balaban J connectivity index is 2.19. The van der Waals surface area contributed by atoms with Crippen molar-refractivity contribution in [2.75, 3.05) is 19.5 Å². The van der Waals surface area contributed by atoms with Crippen molar-refractivity contribution in [3.8, 4) is 11.5 Å². The number of carboxylic acid groups (broad SMARTS) is 1. The van der Waals surface area contributed by atoms with Gasteiger partial charge in [0, 0.05) is 17.3 Å². The van der Waals surface area contributed by atoms with Gasteiger partial charge in [-0.25, -0.2) is 4.79 Å². The monoisotopic (exact) mass is 341 g/mol. The van der Waals surface area contributed by atoms with E-state index in [2.05, 4.69) is 5.32 Å². The molecule has 0 aliphatic carbocycles. The molecule has 2 aromatic rings. The van der Waals surface area contributed by atoms with Crippen molar-refractivity contribution in [3.05, 3.63) is 59.2 Å². The van der Waals surface area contributed by atoms with Crippen LogP contribution in [0.3, 0.4) is 0 Å². The smallest absolute Gasteiger partial charge is 0.335 e. The average Bonchev–Trinajstić information content (AvgIpc) is 2.61. The van der Waals surface area contributed by atoms with Crippen molar-refractivity contribution in [2.45, 2.75) is 6.92 Å². The Hall–Kier alpha value is -3.28. The number of carbonyl (C=O) groups excluding carboxylic acids is 1. The number of hydrogen-bond acceptors (Lipinski definition) is 4. The van der Waals surface area contributed by atoms with Crippen LogP contribution in [-0.4, -0.2) is 31.2 Å². The number of hydrogen-bond donors (Lipinski definition) is 2. The van der Waals surface area contributed by atoms with E-state index in [1.54, 1.807) is 51.5 Å². The number of amides is 1. The Bertz CT molecular complexity index is 827. The van der Waals surface area contributed by atoms with Crippen LogP contribution in [0.1, 0.15) is 21.5 Å². The topological polar surface area (TPSA) is 84.9 Å². The molecular weight excluding hydrogens is 322 g/mol. The summed E-state index contributed by atoms with van der Waals surface area (Å²) in [4.78, 5) is 23.2. The Labute approximate surface area is 145 Å². The standard InChI is InChI=1S/C19H19NO5/c1-12-4-5-14(19(22)23)11-16(12)20-18(21)9-6-13-10-15(24-2)7-8-17(13)25-3/h4-11H,1-3H3,(H,20,21)(H,22,23)/b9-6+. The van der Waals surface area contributed by atoms with Gasteiger partial charge >= 0.3 is 5.97 Å². The number of ether oxygens (including phenoxy) is 2. The van der Waals surface area contributed by atoms with E-state index in [0.29, 0.717) is 22.7 Å². The Morgan fingerprint density at radius 2 is 1.84 bits per heavy atom. The number of carboxylic acids is 1. The summed E-state index contributed by atoms with van der Waals surface area (Å²) in [5.74, 6) is -0.178. The van der Waals surface area contributed by atoms with Gasteiger partial charge in [-0.05, 0) is 48.9 Å². The molecule has 0 atom stereocenters. The Morgan fingerprint density at radius 3 is 2.48 bits per heavy atom. The first-order valence-corrected chi connectivity index (χ1v) is 7.49. The van der Waals surface area contributed by atoms with Crippen molar-refractivity contribution < 1.29 is 24.2 Å². The van der Waals surface area contributed by atoms with Gasteiger partial charge < -0.3 is 19.9 Å². The van der Waals surface area contributed by atoms with E-state index in [1.165, 1.54) is 18.2 Å².